The second-order valence-electron chi connectivity index (χ2n) is 11.6. The Balaban J connectivity index is 1.15. The van der Waals surface area contributed by atoms with Crippen molar-refractivity contribution in [1.29, 1.82) is 0 Å². The van der Waals surface area contributed by atoms with E-state index in [4.69, 9.17) is 0 Å². The van der Waals surface area contributed by atoms with Crippen LogP contribution in [0, 0.1) is 17.8 Å². The molecule has 0 amide bonds. The number of pyridine rings is 1. The second kappa shape index (κ2) is 10.8. The van der Waals surface area contributed by atoms with Crippen LogP contribution >= 0.6 is 0 Å². The lowest BCUT2D eigenvalue weighted by molar-refractivity contribution is -0.212. The molecule has 2 saturated carbocycles. The van der Waals surface area contributed by atoms with Crippen LogP contribution in [0.4, 0.5) is 30.5 Å². The normalized spacial score (nSPS) is 18.4. The number of anilines is 3. The Labute approximate surface area is 256 Å². The van der Waals surface area contributed by atoms with Crippen LogP contribution in [0.25, 0.3) is 11.4 Å². The standard InChI is InChI=1S/C29H28F3N9O3S/c30-29(31,32)40-17-19(14-35-40)1-2-20-15-34-26(13-24(20)39-11-6-22(7-12-39)28(42)8-9-28)37-25-5-10-33-27(38-25)21-16-36-41(18-21)45(43,44)23-3-4-23/h5,10,13-18,22-23,42H,3-4,6-9,11-12H2,(H,33,34,37,38). The quantitative estimate of drug-likeness (QED) is 0.288. The number of nitrogens with one attached hydrogen (secondary N) is 1. The summed E-state index contributed by atoms with van der Waals surface area (Å²) in [5, 5.41) is 20.7. The highest BCUT2D eigenvalue weighted by atomic mass is 32.2. The smallest absolute Gasteiger partial charge is 0.390 e. The van der Waals surface area contributed by atoms with Crippen molar-refractivity contribution < 1.29 is 26.7 Å². The average Bonchev–Trinajstić information content (AvgIpc) is 3.90. The third-order valence-corrected chi connectivity index (χ3v) is 10.4. The molecule has 1 saturated heterocycles. The van der Waals surface area contributed by atoms with Crippen LogP contribution in [0.1, 0.15) is 49.7 Å². The molecule has 0 unspecified atom stereocenters. The number of aromatic nitrogens is 7. The highest BCUT2D eigenvalue weighted by molar-refractivity contribution is 7.90. The van der Waals surface area contributed by atoms with E-state index in [1.54, 1.807) is 18.3 Å². The van der Waals surface area contributed by atoms with Gasteiger partial charge in [-0.15, -0.1) is 13.2 Å². The Hall–Kier alpha value is -4.49. The van der Waals surface area contributed by atoms with Crippen molar-refractivity contribution in [3.05, 3.63) is 60.4 Å². The molecule has 2 N–H and O–H groups in total. The van der Waals surface area contributed by atoms with E-state index >= 15 is 0 Å². The zero-order valence-electron chi connectivity index (χ0n) is 23.8. The molecule has 0 radical (unpaired) electrons. The van der Waals surface area contributed by atoms with E-state index in [1.807, 2.05) is 0 Å². The van der Waals surface area contributed by atoms with Gasteiger partial charge in [0.2, 0.25) is 0 Å². The predicted octanol–water partition coefficient (Wildman–Crippen LogP) is 3.63. The van der Waals surface area contributed by atoms with Crippen LogP contribution in [0.15, 0.2) is 49.3 Å². The third-order valence-electron chi connectivity index (χ3n) is 8.36. The molecule has 0 aromatic carbocycles. The number of nitrogens with zero attached hydrogens (tertiary/aromatic N) is 8. The van der Waals surface area contributed by atoms with Gasteiger partial charge in [0.25, 0.3) is 10.0 Å². The molecule has 3 aliphatic rings. The number of halogens is 3. The van der Waals surface area contributed by atoms with Crippen molar-refractivity contribution in [3.63, 3.8) is 0 Å². The van der Waals surface area contributed by atoms with Crippen LogP contribution in [0.2, 0.25) is 0 Å². The summed E-state index contributed by atoms with van der Waals surface area (Å²) < 4.78 is 64.9. The van der Waals surface area contributed by atoms with E-state index in [0.717, 1.165) is 47.9 Å². The zero-order chi connectivity index (χ0) is 31.4. The van der Waals surface area contributed by atoms with E-state index in [-0.39, 0.29) is 22.0 Å². The van der Waals surface area contributed by atoms with Crippen molar-refractivity contribution in [2.24, 2.45) is 5.92 Å². The Morgan fingerprint density at radius 2 is 1.76 bits per heavy atom. The number of rotatable bonds is 7. The summed E-state index contributed by atoms with van der Waals surface area (Å²) in [5.74, 6) is 7.07. The van der Waals surface area contributed by atoms with Crippen LogP contribution in [-0.2, 0) is 16.3 Å². The molecule has 16 heteroatoms. The summed E-state index contributed by atoms with van der Waals surface area (Å²) in [6.45, 7) is 1.34. The summed E-state index contributed by atoms with van der Waals surface area (Å²) in [4.78, 5) is 15.4. The van der Waals surface area contributed by atoms with Crippen LogP contribution in [0.3, 0.4) is 0 Å². The summed E-state index contributed by atoms with van der Waals surface area (Å²) in [6.07, 6.45) is 7.62. The van der Waals surface area contributed by atoms with Gasteiger partial charge < -0.3 is 15.3 Å². The number of hydrogen-bond donors (Lipinski definition) is 2. The van der Waals surface area contributed by atoms with Crippen LogP contribution < -0.4 is 10.2 Å². The Morgan fingerprint density at radius 3 is 2.44 bits per heavy atom. The van der Waals surface area contributed by atoms with Gasteiger partial charge in [-0.25, -0.2) is 23.4 Å². The minimum atomic E-state index is -4.63. The van der Waals surface area contributed by atoms with Crippen molar-refractivity contribution in [2.75, 3.05) is 23.3 Å². The molecule has 0 spiro atoms. The number of alkyl halides is 3. The van der Waals surface area contributed by atoms with Crippen molar-refractivity contribution in [3.8, 4) is 23.2 Å². The summed E-state index contributed by atoms with van der Waals surface area (Å²) >= 11 is 0. The Kier molecular flexibility index (Phi) is 7.04. The first-order valence-corrected chi connectivity index (χ1v) is 16.0. The van der Waals surface area contributed by atoms with Crippen LogP contribution in [-0.4, -0.2) is 71.4 Å². The van der Waals surface area contributed by atoms with E-state index in [2.05, 4.69) is 47.2 Å². The van der Waals surface area contributed by atoms with Gasteiger partial charge in [0, 0.05) is 37.7 Å². The Bertz CT molecular complexity index is 1910. The lowest BCUT2D eigenvalue weighted by Crippen LogP contribution is -2.39. The van der Waals surface area contributed by atoms with Crippen molar-refractivity contribution >= 4 is 27.3 Å². The second-order valence-corrected chi connectivity index (χ2v) is 13.7. The molecule has 234 valence electrons. The highest BCUT2D eigenvalue weighted by Gasteiger charge is 2.48. The lowest BCUT2D eigenvalue weighted by Gasteiger charge is -2.36. The fourth-order valence-electron chi connectivity index (χ4n) is 5.51. The highest BCUT2D eigenvalue weighted by Crippen LogP contribution is 2.47. The SMILES string of the molecule is O=S(=O)(C1CC1)n1cc(-c2nccc(Nc3cc(N4CCC(C5(O)CC5)CC4)c(C#Cc4cnn(C(F)(F)F)c4)cn3)n2)cn1. The third kappa shape index (κ3) is 6.09. The maximum absolute atomic E-state index is 13.0. The first kappa shape index (κ1) is 29.2. The fourth-order valence-corrected chi connectivity index (χ4v) is 6.98. The molecule has 2 aliphatic carbocycles. The molecule has 1 aliphatic heterocycles. The molecule has 4 aromatic heterocycles. The van der Waals surface area contributed by atoms with Crippen molar-refractivity contribution in [1.82, 2.24) is 33.9 Å². The molecule has 7 rings (SSSR count). The molecule has 12 nitrogen and oxygen atoms in total. The molecule has 3 fully saturated rings. The number of piperidine rings is 1. The minimum Gasteiger partial charge on any atom is -0.390 e. The van der Waals surface area contributed by atoms with E-state index in [9.17, 15) is 26.7 Å². The number of aliphatic hydroxyl groups is 1. The average molecular weight is 640 g/mol. The van der Waals surface area contributed by atoms with Gasteiger partial charge in [-0.1, -0.05) is 11.8 Å². The Morgan fingerprint density at radius 1 is 0.978 bits per heavy atom. The molecular formula is C29H28F3N9O3S. The number of hydrogen-bond acceptors (Lipinski definition) is 10. The largest absolute Gasteiger partial charge is 0.504 e. The first-order valence-electron chi connectivity index (χ1n) is 14.5. The molecule has 5 heterocycles. The monoisotopic (exact) mass is 639 g/mol. The molecule has 4 aromatic rings. The van der Waals surface area contributed by atoms with Gasteiger partial charge in [-0.3, -0.25) is 0 Å². The lowest BCUT2D eigenvalue weighted by atomic mass is 9.89. The van der Waals surface area contributed by atoms with E-state index in [0.29, 0.717) is 48.7 Å². The molecular weight excluding hydrogens is 611 g/mol. The van der Waals surface area contributed by atoms with Gasteiger partial charge >= 0.3 is 6.30 Å². The van der Waals surface area contributed by atoms with E-state index < -0.39 is 27.2 Å². The van der Waals surface area contributed by atoms with E-state index in [1.165, 1.54) is 18.6 Å². The zero-order valence-corrected chi connectivity index (χ0v) is 24.6. The topological polar surface area (TPSA) is 144 Å². The molecule has 0 bridgehead atoms. The van der Waals surface area contributed by atoms with Gasteiger partial charge in [0.1, 0.15) is 11.6 Å². The summed E-state index contributed by atoms with van der Waals surface area (Å²) in [5.41, 5.74) is 1.25. The molecule has 0 atom stereocenters. The summed E-state index contributed by atoms with van der Waals surface area (Å²) in [7, 11) is -3.53. The maximum Gasteiger partial charge on any atom is 0.504 e. The van der Waals surface area contributed by atoms with Gasteiger partial charge in [-0.05, 0) is 50.5 Å². The predicted molar refractivity (Wildman–Crippen MR) is 157 cm³/mol. The first-order chi connectivity index (χ1) is 21.5. The van der Waals surface area contributed by atoms with Gasteiger partial charge in [-0.2, -0.15) is 19.0 Å². The fraction of sp³-hybridized carbons (Fsp3) is 0.414. The van der Waals surface area contributed by atoms with Crippen LogP contribution in [0.5, 0.6) is 0 Å². The summed E-state index contributed by atoms with van der Waals surface area (Å²) in [6, 6.07) is 3.45. The maximum atomic E-state index is 13.0. The molecule has 45 heavy (non-hydrogen) atoms. The minimum absolute atomic E-state index is 0.0937. The van der Waals surface area contributed by atoms with Crippen molar-refractivity contribution in [2.45, 2.75) is 55.7 Å². The van der Waals surface area contributed by atoms with Gasteiger partial charge in [0.05, 0.1) is 51.8 Å². The van der Waals surface area contributed by atoms with Gasteiger partial charge in [0.15, 0.2) is 5.82 Å².